The number of hydrogen-bond donors (Lipinski definition) is 1. The first-order valence-electron chi connectivity index (χ1n) is 6.16. The Morgan fingerprint density at radius 1 is 1.29 bits per heavy atom. The molecule has 1 unspecified atom stereocenters. The topological polar surface area (TPSA) is 37.8 Å². The molecule has 17 heavy (non-hydrogen) atoms. The zero-order chi connectivity index (χ0) is 11.8. The summed E-state index contributed by atoms with van der Waals surface area (Å²) in [4.78, 5) is 9.46. The largest absolute Gasteiger partial charge is 0.372 e. The molecule has 2 fully saturated rings. The van der Waals surface area contributed by atoms with Crippen LogP contribution < -0.4 is 5.32 Å². The van der Waals surface area contributed by atoms with Crippen LogP contribution >= 0.6 is 27.7 Å². The summed E-state index contributed by atoms with van der Waals surface area (Å²) in [5.74, 6) is 3.88. The van der Waals surface area contributed by atoms with Crippen LogP contribution in [0.4, 0.5) is 5.82 Å². The molecule has 1 aliphatic carbocycles. The van der Waals surface area contributed by atoms with Gasteiger partial charge in [-0.25, -0.2) is 9.97 Å². The van der Waals surface area contributed by atoms with Crippen LogP contribution in [0.1, 0.15) is 48.4 Å². The third-order valence-electron chi connectivity index (χ3n) is 3.31. The van der Waals surface area contributed by atoms with Crippen LogP contribution in [0.2, 0.25) is 0 Å². The zero-order valence-corrected chi connectivity index (χ0v) is 12.3. The highest BCUT2D eigenvalue weighted by atomic mass is 79.9. The molecule has 1 N–H and O–H groups in total. The van der Waals surface area contributed by atoms with E-state index < -0.39 is 0 Å². The first-order chi connectivity index (χ1) is 8.29. The summed E-state index contributed by atoms with van der Waals surface area (Å²) in [5.41, 5.74) is 1.21. The van der Waals surface area contributed by atoms with Crippen LogP contribution in [0.15, 0.2) is 4.47 Å². The van der Waals surface area contributed by atoms with Crippen molar-refractivity contribution in [3.05, 3.63) is 16.0 Å². The van der Waals surface area contributed by atoms with Crippen molar-refractivity contribution in [1.29, 1.82) is 0 Å². The lowest BCUT2D eigenvalue weighted by Crippen LogP contribution is -2.06. The molecule has 3 nitrogen and oxygen atoms in total. The molecule has 1 saturated heterocycles. The van der Waals surface area contributed by atoms with Gasteiger partial charge in [0.15, 0.2) is 0 Å². The van der Waals surface area contributed by atoms with Gasteiger partial charge in [-0.15, -0.1) is 0 Å². The zero-order valence-electron chi connectivity index (χ0n) is 9.87. The third kappa shape index (κ3) is 2.32. The van der Waals surface area contributed by atoms with Crippen molar-refractivity contribution >= 4 is 33.5 Å². The van der Waals surface area contributed by atoms with Crippen molar-refractivity contribution in [2.45, 2.75) is 36.9 Å². The average Bonchev–Trinajstić information content (AvgIpc) is 3.04. The molecule has 1 atom stereocenters. The van der Waals surface area contributed by atoms with E-state index in [-0.39, 0.29) is 0 Å². The van der Waals surface area contributed by atoms with Gasteiger partial charge >= 0.3 is 0 Å². The van der Waals surface area contributed by atoms with Crippen LogP contribution in [0.25, 0.3) is 0 Å². The Morgan fingerprint density at radius 3 is 2.71 bits per heavy atom. The highest BCUT2D eigenvalue weighted by molar-refractivity contribution is 9.10. The van der Waals surface area contributed by atoms with Gasteiger partial charge in [0.2, 0.25) is 0 Å². The van der Waals surface area contributed by atoms with Gasteiger partial charge < -0.3 is 5.32 Å². The monoisotopic (exact) mass is 313 g/mol. The maximum absolute atomic E-state index is 4.81. The third-order valence-corrected chi connectivity index (χ3v) is 5.47. The summed E-state index contributed by atoms with van der Waals surface area (Å²) in [6.07, 6.45) is 5.06. The highest BCUT2D eigenvalue weighted by Crippen LogP contribution is 2.46. The Bertz CT molecular complexity index is 428. The van der Waals surface area contributed by atoms with Crippen LogP contribution in [0.5, 0.6) is 0 Å². The van der Waals surface area contributed by atoms with Gasteiger partial charge in [-0.1, -0.05) is 0 Å². The van der Waals surface area contributed by atoms with E-state index in [0.717, 1.165) is 16.1 Å². The summed E-state index contributed by atoms with van der Waals surface area (Å²) in [6, 6.07) is 0. The molecule has 1 aromatic rings. The number of thioether (sulfide) groups is 1. The van der Waals surface area contributed by atoms with E-state index >= 15 is 0 Å². The smallest absolute Gasteiger partial charge is 0.144 e. The second-order valence-electron chi connectivity index (χ2n) is 4.66. The number of nitrogens with zero attached hydrogens (tertiary/aromatic N) is 2. The number of hydrogen-bond acceptors (Lipinski definition) is 4. The van der Waals surface area contributed by atoms with E-state index in [0.29, 0.717) is 11.2 Å². The molecule has 3 rings (SSSR count). The number of halogens is 1. The molecule has 1 saturated carbocycles. The van der Waals surface area contributed by atoms with E-state index in [1.54, 1.807) is 0 Å². The number of rotatable bonds is 3. The number of anilines is 1. The van der Waals surface area contributed by atoms with Crippen LogP contribution in [-0.4, -0.2) is 22.8 Å². The summed E-state index contributed by atoms with van der Waals surface area (Å²) in [5, 5.41) is 3.68. The Kier molecular flexibility index (Phi) is 3.30. The second-order valence-corrected chi connectivity index (χ2v) is 6.76. The second kappa shape index (κ2) is 4.76. The van der Waals surface area contributed by atoms with E-state index in [4.69, 9.17) is 4.98 Å². The molecule has 2 aliphatic rings. The Hall–Kier alpha value is -0.290. The fraction of sp³-hybridized carbons (Fsp3) is 0.667. The molecule has 0 bridgehead atoms. The van der Waals surface area contributed by atoms with Gasteiger partial charge in [0.05, 0.1) is 15.4 Å². The SMILES string of the molecule is CNc1nc(C2CCCS2)nc(C2CC2)c1Br. The molecular weight excluding hydrogens is 298 g/mol. The standard InChI is InChI=1S/C12H16BrN3S/c1-14-12-9(13)10(7-4-5-7)15-11(16-12)8-3-2-6-17-8/h7-8H,2-6H2,1H3,(H,14,15,16). The van der Waals surface area contributed by atoms with Crippen molar-refractivity contribution in [1.82, 2.24) is 9.97 Å². The quantitative estimate of drug-likeness (QED) is 0.922. The first-order valence-corrected chi connectivity index (χ1v) is 8.00. The Morgan fingerprint density at radius 2 is 2.12 bits per heavy atom. The fourth-order valence-electron chi connectivity index (χ4n) is 2.20. The summed E-state index contributed by atoms with van der Waals surface area (Å²) in [6.45, 7) is 0. The van der Waals surface area contributed by atoms with Gasteiger partial charge in [-0.3, -0.25) is 0 Å². The summed E-state index contributed by atoms with van der Waals surface area (Å²) >= 11 is 5.62. The fourth-order valence-corrected chi connectivity index (χ4v) is 4.11. The molecule has 1 aliphatic heterocycles. The first kappa shape index (κ1) is 11.8. The van der Waals surface area contributed by atoms with E-state index in [9.17, 15) is 0 Å². The molecule has 92 valence electrons. The minimum absolute atomic E-state index is 0.507. The van der Waals surface area contributed by atoms with Crippen LogP contribution in [0.3, 0.4) is 0 Å². The molecule has 5 heteroatoms. The molecule has 0 amide bonds. The van der Waals surface area contributed by atoms with Gasteiger partial charge in [-0.2, -0.15) is 11.8 Å². The van der Waals surface area contributed by atoms with E-state index in [1.807, 2.05) is 18.8 Å². The van der Waals surface area contributed by atoms with Gasteiger partial charge in [0.25, 0.3) is 0 Å². The van der Waals surface area contributed by atoms with Crippen molar-refractivity contribution in [3.8, 4) is 0 Å². The average molecular weight is 314 g/mol. The molecule has 2 heterocycles. The molecular formula is C12H16BrN3S. The van der Waals surface area contributed by atoms with E-state index in [1.165, 1.54) is 37.1 Å². The van der Waals surface area contributed by atoms with Crippen molar-refractivity contribution in [2.24, 2.45) is 0 Å². The minimum atomic E-state index is 0.507. The lowest BCUT2D eigenvalue weighted by molar-refractivity contribution is 0.763. The Balaban J connectivity index is 2.00. The van der Waals surface area contributed by atoms with Gasteiger partial charge in [0, 0.05) is 13.0 Å². The van der Waals surface area contributed by atoms with Gasteiger partial charge in [0.1, 0.15) is 11.6 Å². The molecule has 0 radical (unpaired) electrons. The van der Waals surface area contributed by atoms with Crippen molar-refractivity contribution in [2.75, 3.05) is 18.1 Å². The molecule has 0 aromatic carbocycles. The molecule has 1 aromatic heterocycles. The lowest BCUT2D eigenvalue weighted by atomic mass is 10.2. The maximum atomic E-state index is 4.81. The Labute approximate surface area is 114 Å². The normalized spacial score (nSPS) is 24.0. The predicted molar refractivity (Wildman–Crippen MR) is 75.7 cm³/mol. The van der Waals surface area contributed by atoms with Crippen molar-refractivity contribution in [3.63, 3.8) is 0 Å². The number of aromatic nitrogens is 2. The van der Waals surface area contributed by atoms with Gasteiger partial charge in [-0.05, 0) is 47.4 Å². The minimum Gasteiger partial charge on any atom is -0.372 e. The summed E-state index contributed by atoms with van der Waals surface area (Å²) in [7, 11) is 1.93. The van der Waals surface area contributed by atoms with Crippen molar-refractivity contribution < 1.29 is 0 Å². The van der Waals surface area contributed by atoms with E-state index in [2.05, 4.69) is 26.2 Å². The lowest BCUT2D eigenvalue weighted by Gasteiger charge is -2.13. The summed E-state index contributed by atoms with van der Waals surface area (Å²) < 4.78 is 1.06. The molecule has 0 spiro atoms. The number of nitrogens with one attached hydrogen (secondary N) is 1. The van der Waals surface area contributed by atoms with Crippen LogP contribution in [0, 0.1) is 0 Å². The predicted octanol–water partition coefficient (Wildman–Crippen LogP) is 3.73. The highest BCUT2D eigenvalue weighted by Gasteiger charge is 2.31. The van der Waals surface area contributed by atoms with Crippen LogP contribution in [-0.2, 0) is 0 Å². The maximum Gasteiger partial charge on any atom is 0.144 e.